The molecule has 1 saturated heterocycles. The average Bonchev–Trinajstić information content (AvgIpc) is 2.77. The lowest BCUT2D eigenvalue weighted by Crippen LogP contribution is -2.46. The van der Waals surface area contributed by atoms with Gasteiger partial charge in [0, 0.05) is 32.7 Å². The first kappa shape index (κ1) is 12.5. The Balaban J connectivity index is 1.87. The first-order chi connectivity index (χ1) is 8.16. The number of aromatic nitrogens is 2. The van der Waals surface area contributed by atoms with Crippen LogP contribution in [0.25, 0.3) is 0 Å². The molecule has 1 fully saturated rings. The fourth-order valence-corrected chi connectivity index (χ4v) is 2.57. The van der Waals surface area contributed by atoms with Crippen molar-refractivity contribution in [2.24, 2.45) is 0 Å². The molecular formula is C10H19N5OS. The van der Waals surface area contributed by atoms with Gasteiger partial charge in [0.25, 0.3) is 0 Å². The molecule has 1 unspecified atom stereocenters. The molecule has 2 N–H and O–H groups in total. The number of anilines is 2. The van der Waals surface area contributed by atoms with Crippen molar-refractivity contribution in [2.45, 2.75) is 13.0 Å². The molecule has 0 spiro atoms. The molecule has 1 atom stereocenters. The summed E-state index contributed by atoms with van der Waals surface area (Å²) < 4.78 is 5.35. The second-order valence-corrected chi connectivity index (χ2v) is 5.29. The minimum Gasteiger partial charge on any atom is -0.379 e. The van der Waals surface area contributed by atoms with Crippen LogP contribution in [0.3, 0.4) is 0 Å². The Bertz CT molecular complexity index is 352. The van der Waals surface area contributed by atoms with Crippen LogP contribution < -0.4 is 10.6 Å². The number of nitrogens with zero attached hydrogens (tertiary/aromatic N) is 4. The molecule has 6 nitrogen and oxygen atoms in total. The molecule has 7 heteroatoms. The molecule has 0 amide bonds. The van der Waals surface area contributed by atoms with E-state index in [2.05, 4.69) is 26.9 Å². The van der Waals surface area contributed by atoms with E-state index >= 15 is 0 Å². The predicted molar refractivity (Wildman–Crippen MR) is 69.4 cm³/mol. The summed E-state index contributed by atoms with van der Waals surface area (Å²) >= 11 is 1.42. The highest BCUT2D eigenvalue weighted by Gasteiger charge is 2.19. The lowest BCUT2D eigenvalue weighted by Gasteiger charge is -2.34. The minimum atomic E-state index is 0.481. The maximum atomic E-state index is 5.58. The Morgan fingerprint density at radius 1 is 1.47 bits per heavy atom. The van der Waals surface area contributed by atoms with Gasteiger partial charge in [-0.25, -0.2) is 0 Å². The molecule has 96 valence electrons. The number of hydrogen-bond acceptors (Lipinski definition) is 7. The van der Waals surface area contributed by atoms with Gasteiger partial charge in [0.05, 0.1) is 13.2 Å². The van der Waals surface area contributed by atoms with Crippen molar-refractivity contribution in [3.05, 3.63) is 0 Å². The van der Waals surface area contributed by atoms with Crippen molar-refractivity contribution in [1.82, 2.24) is 15.1 Å². The van der Waals surface area contributed by atoms with Crippen LogP contribution in [0.2, 0.25) is 0 Å². The summed E-state index contributed by atoms with van der Waals surface area (Å²) in [7, 11) is 2.02. The van der Waals surface area contributed by atoms with Crippen LogP contribution in [0.1, 0.15) is 6.92 Å². The van der Waals surface area contributed by atoms with Crippen LogP contribution in [0, 0.1) is 0 Å². The molecule has 0 aromatic carbocycles. The summed E-state index contributed by atoms with van der Waals surface area (Å²) in [6.07, 6.45) is 0. The fourth-order valence-electron chi connectivity index (χ4n) is 1.99. The smallest absolute Gasteiger partial charge is 0.209 e. The summed E-state index contributed by atoms with van der Waals surface area (Å²) in [5, 5.41) is 9.27. The van der Waals surface area contributed by atoms with Gasteiger partial charge in [0.15, 0.2) is 0 Å². The quantitative estimate of drug-likeness (QED) is 0.835. The number of hydrogen-bond donors (Lipinski definition) is 1. The normalized spacial score (nSPS) is 19.2. The number of morpholine rings is 1. The van der Waals surface area contributed by atoms with Gasteiger partial charge in [-0.2, -0.15) is 0 Å². The maximum absolute atomic E-state index is 5.58. The third-order valence-electron chi connectivity index (χ3n) is 2.96. The highest BCUT2D eigenvalue weighted by atomic mass is 32.1. The number of likely N-dealkylation sites (N-methyl/N-ethyl adjacent to an activating group) is 1. The zero-order chi connectivity index (χ0) is 12.3. The Morgan fingerprint density at radius 2 is 2.18 bits per heavy atom. The lowest BCUT2D eigenvalue weighted by atomic mass is 10.2. The topological polar surface area (TPSA) is 67.5 Å². The summed E-state index contributed by atoms with van der Waals surface area (Å²) in [5.74, 6) is 0. The maximum Gasteiger partial charge on any atom is 0.209 e. The van der Waals surface area contributed by atoms with Crippen LogP contribution in [0.15, 0.2) is 0 Å². The number of ether oxygens (including phenoxy) is 1. The third-order valence-corrected chi connectivity index (χ3v) is 3.83. The van der Waals surface area contributed by atoms with Gasteiger partial charge in [-0.3, -0.25) is 4.90 Å². The zero-order valence-electron chi connectivity index (χ0n) is 10.3. The van der Waals surface area contributed by atoms with Crippen molar-refractivity contribution in [2.75, 3.05) is 50.5 Å². The van der Waals surface area contributed by atoms with E-state index in [4.69, 9.17) is 10.5 Å². The standard InChI is InChI=1S/C10H19N5OS/c1-8(15-3-5-16-6-4-15)7-14(2)10-13-12-9(11)17-10/h8H,3-7H2,1-2H3,(H2,11,12). The molecule has 1 aliphatic rings. The van der Waals surface area contributed by atoms with Crippen molar-refractivity contribution < 1.29 is 4.74 Å². The second-order valence-electron chi connectivity index (χ2n) is 4.30. The fraction of sp³-hybridized carbons (Fsp3) is 0.800. The number of nitrogen functional groups attached to an aromatic ring is 1. The first-order valence-corrected chi connectivity index (χ1v) is 6.60. The first-order valence-electron chi connectivity index (χ1n) is 5.78. The monoisotopic (exact) mass is 257 g/mol. The minimum absolute atomic E-state index is 0.481. The molecule has 2 heterocycles. The van der Waals surface area contributed by atoms with E-state index < -0.39 is 0 Å². The van der Waals surface area contributed by atoms with E-state index in [0.29, 0.717) is 11.2 Å². The highest BCUT2D eigenvalue weighted by Crippen LogP contribution is 2.20. The van der Waals surface area contributed by atoms with Crippen LogP contribution in [-0.2, 0) is 4.74 Å². The molecule has 0 radical (unpaired) electrons. The molecule has 1 aliphatic heterocycles. The predicted octanol–water partition coefficient (Wildman–Crippen LogP) is 0.277. The Morgan fingerprint density at radius 3 is 2.76 bits per heavy atom. The number of rotatable bonds is 4. The second kappa shape index (κ2) is 5.61. The van der Waals surface area contributed by atoms with Gasteiger partial charge in [-0.1, -0.05) is 11.3 Å². The van der Waals surface area contributed by atoms with Gasteiger partial charge in [0.2, 0.25) is 10.3 Å². The molecular weight excluding hydrogens is 238 g/mol. The van der Waals surface area contributed by atoms with Crippen LogP contribution in [0.5, 0.6) is 0 Å². The lowest BCUT2D eigenvalue weighted by molar-refractivity contribution is 0.0218. The molecule has 0 aliphatic carbocycles. The molecule has 17 heavy (non-hydrogen) atoms. The Hall–Kier alpha value is -0.920. The SMILES string of the molecule is CC(CN(C)c1nnc(N)s1)N1CCOCC1. The van der Waals surface area contributed by atoms with E-state index in [0.717, 1.165) is 38.0 Å². The van der Waals surface area contributed by atoms with E-state index in [1.54, 1.807) is 0 Å². The third kappa shape index (κ3) is 3.27. The molecule has 1 aromatic heterocycles. The summed E-state index contributed by atoms with van der Waals surface area (Å²) in [6.45, 7) is 6.83. The summed E-state index contributed by atoms with van der Waals surface area (Å²) in [6, 6.07) is 0.481. The van der Waals surface area contributed by atoms with E-state index in [1.165, 1.54) is 11.3 Å². The van der Waals surface area contributed by atoms with Crippen molar-refractivity contribution >= 4 is 21.6 Å². The van der Waals surface area contributed by atoms with Gasteiger partial charge < -0.3 is 15.4 Å². The van der Waals surface area contributed by atoms with Crippen molar-refractivity contribution in [1.29, 1.82) is 0 Å². The molecule has 0 saturated carbocycles. The van der Waals surface area contributed by atoms with Crippen molar-refractivity contribution in [3.8, 4) is 0 Å². The van der Waals surface area contributed by atoms with Crippen LogP contribution in [0.4, 0.5) is 10.3 Å². The Labute approximate surface area is 105 Å². The summed E-state index contributed by atoms with van der Waals surface area (Å²) in [5.41, 5.74) is 5.58. The number of nitrogens with two attached hydrogens (primary N) is 1. The molecule has 1 aromatic rings. The summed E-state index contributed by atoms with van der Waals surface area (Å²) in [4.78, 5) is 4.54. The molecule has 0 bridgehead atoms. The van der Waals surface area contributed by atoms with Gasteiger partial charge in [-0.05, 0) is 6.92 Å². The van der Waals surface area contributed by atoms with Gasteiger partial charge in [0.1, 0.15) is 0 Å². The zero-order valence-corrected chi connectivity index (χ0v) is 11.1. The van der Waals surface area contributed by atoms with Crippen molar-refractivity contribution in [3.63, 3.8) is 0 Å². The van der Waals surface area contributed by atoms with E-state index in [9.17, 15) is 0 Å². The van der Waals surface area contributed by atoms with Crippen LogP contribution in [-0.4, -0.2) is 61.0 Å². The van der Waals surface area contributed by atoms with Crippen LogP contribution >= 0.6 is 11.3 Å². The highest BCUT2D eigenvalue weighted by molar-refractivity contribution is 7.18. The van der Waals surface area contributed by atoms with Gasteiger partial charge >= 0.3 is 0 Å². The Kier molecular flexibility index (Phi) is 4.14. The van der Waals surface area contributed by atoms with Gasteiger partial charge in [-0.15, -0.1) is 10.2 Å². The average molecular weight is 257 g/mol. The van der Waals surface area contributed by atoms with E-state index in [1.807, 2.05) is 7.05 Å². The molecule has 2 rings (SSSR count). The largest absolute Gasteiger partial charge is 0.379 e. The van der Waals surface area contributed by atoms with E-state index in [-0.39, 0.29) is 0 Å².